The van der Waals surface area contributed by atoms with Gasteiger partial charge in [-0.1, -0.05) is 72.8 Å². The van der Waals surface area contributed by atoms with Gasteiger partial charge in [0.25, 0.3) is 0 Å². The van der Waals surface area contributed by atoms with Crippen LogP contribution in [-0.2, 0) is 5.41 Å². The van der Waals surface area contributed by atoms with Gasteiger partial charge in [-0.15, -0.1) is 0 Å². The number of benzene rings is 3. The second-order valence-electron chi connectivity index (χ2n) is 6.67. The van der Waals surface area contributed by atoms with Crippen molar-refractivity contribution < 1.29 is 0 Å². The summed E-state index contributed by atoms with van der Waals surface area (Å²) in [5.41, 5.74) is 9.74. The van der Waals surface area contributed by atoms with Gasteiger partial charge in [-0.25, -0.2) is 9.97 Å². The summed E-state index contributed by atoms with van der Waals surface area (Å²) in [6.07, 6.45) is 3.66. The summed E-state index contributed by atoms with van der Waals surface area (Å²) >= 11 is 0. The van der Waals surface area contributed by atoms with Crippen molar-refractivity contribution in [1.29, 1.82) is 0 Å². The van der Waals surface area contributed by atoms with Gasteiger partial charge in [-0.2, -0.15) is 0 Å². The Morgan fingerprint density at radius 2 is 1.08 bits per heavy atom. The van der Waals surface area contributed by atoms with Gasteiger partial charge in [0, 0.05) is 17.3 Å². The minimum absolute atomic E-state index is 0.305. The third-order valence-electron chi connectivity index (χ3n) is 5.65. The van der Waals surface area contributed by atoms with Crippen LogP contribution in [-0.4, -0.2) is 9.97 Å². The van der Waals surface area contributed by atoms with E-state index < -0.39 is 0 Å². The van der Waals surface area contributed by atoms with Gasteiger partial charge in [0.05, 0.1) is 11.1 Å². The van der Waals surface area contributed by atoms with E-state index in [2.05, 4.69) is 82.8 Å². The summed E-state index contributed by atoms with van der Waals surface area (Å²) < 4.78 is 0. The summed E-state index contributed by atoms with van der Waals surface area (Å²) in [6, 6.07) is 26.1. The van der Waals surface area contributed by atoms with E-state index in [1.54, 1.807) is 6.33 Å². The predicted molar refractivity (Wildman–Crippen MR) is 98.3 cm³/mol. The molecule has 0 amide bonds. The molecule has 2 aliphatic rings. The van der Waals surface area contributed by atoms with Crippen molar-refractivity contribution in [1.82, 2.24) is 9.97 Å². The number of rotatable bonds is 0. The second kappa shape index (κ2) is 4.42. The summed E-state index contributed by atoms with van der Waals surface area (Å²) in [7, 11) is 0. The molecule has 0 fully saturated rings. The fourth-order valence-corrected chi connectivity index (χ4v) is 4.80. The van der Waals surface area contributed by atoms with Gasteiger partial charge in [-0.05, 0) is 27.8 Å². The molecule has 1 spiro atoms. The molecule has 0 saturated heterocycles. The quantitative estimate of drug-likeness (QED) is 0.401. The molecular weight excluding hydrogens is 304 g/mol. The Bertz CT molecular complexity index is 972. The Balaban J connectivity index is 1.89. The van der Waals surface area contributed by atoms with Crippen LogP contribution in [0.3, 0.4) is 0 Å². The highest BCUT2D eigenvalue weighted by molar-refractivity contribution is 5.93. The summed E-state index contributed by atoms with van der Waals surface area (Å²) in [4.78, 5) is 9.05. The Morgan fingerprint density at radius 1 is 0.560 bits per heavy atom. The van der Waals surface area contributed by atoms with Gasteiger partial charge in [0.2, 0.25) is 0 Å². The largest absolute Gasteiger partial charge is 0.244 e. The first-order valence-electron chi connectivity index (χ1n) is 8.52. The molecule has 0 saturated carbocycles. The van der Waals surface area contributed by atoms with Crippen LogP contribution in [0, 0.1) is 0 Å². The molecule has 2 aliphatic carbocycles. The maximum Gasteiger partial charge on any atom is 0.116 e. The monoisotopic (exact) mass is 318 g/mol. The van der Waals surface area contributed by atoms with Crippen LogP contribution in [0.15, 0.2) is 85.3 Å². The smallest absolute Gasteiger partial charge is 0.116 e. The van der Waals surface area contributed by atoms with Crippen LogP contribution in [0.4, 0.5) is 0 Å². The first-order chi connectivity index (χ1) is 12.4. The SMILES string of the molecule is c1ccc2c(c1)-c1ccccc1C21c2ccccc2-c2ncncc21. The minimum Gasteiger partial charge on any atom is -0.244 e. The molecule has 0 N–H and O–H groups in total. The van der Waals surface area contributed by atoms with Crippen LogP contribution < -0.4 is 0 Å². The summed E-state index contributed by atoms with van der Waals surface area (Å²) in [5.74, 6) is 0. The van der Waals surface area contributed by atoms with Crippen LogP contribution in [0.2, 0.25) is 0 Å². The Kier molecular flexibility index (Phi) is 2.31. The zero-order chi connectivity index (χ0) is 16.4. The highest BCUT2D eigenvalue weighted by Crippen LogP contribution is 2.61. The molecule has 1 heterocycles. The average Bonchev–Trinajstić information content (AvgIpc) is 3.16. The second-order valence-corrected chi connectivity index (χ2v) is 6.67. The lowest BCUT2D eigenvalue weighted by Gasteiger charge is -2.29. The molecule has 0 unspecified atom stereocenters. The maximum absolute atomic E-state index is 4.65. The number of aromatic nitrogens is 2. The lowest BCUT2D eigenvalue weighted by atomic mass is 9.71. The van der Waals surface area contributed by atoms with E-state index in [9.17, 15) is 0 Å². The summed E-state index contributed by atoms with van der Waals surface area (Å²) in [5, 5.41) is 0. The van der Waals surface area contributed by atoms with E-state index in [0.29, 0.717) is 0 Å². The predicted octanol–water partition coefficient (Wildman–Crippen LogP) is 4.82. The van der Waals surface area contributed by atoms with Gasteiger partial charge in [0.1, 0.15) is 6.33 Å². The number of fused-ring (bicyclic) bond motifs is 10. The van der Waals surface area contributed by atoms with E-state index in [0.717, 1.165) is 5.69 Å². The van der Waals surface area contributed by atoms with Crippen LogP contribution in [0.25, 0.3) is 22.4 Å². The number of hydrogen-bond donors (Lipinski definition) is 0. The van der Waals surface area contributed by atoms with E-state index in [4.69, 9.17) is 0 Å². The molecular formula is C23H14N2. The zero-order valence-corrected chi connectivity index (χ0v) is 13.5. The Hall–Kier alpha value is -3.26. The molecule has 25 heavy (non-hydrogen) atoms. The van der Waals surface area contributed by atoms with Gasteiger partial charge in [0.15, 0.2) is 0 Å². The molecule has 2 heteroatoms. The van der Waals surface area contributed by atoms with Crippen LogP contribution in [0.1, 0.15) is 22.3 Å². The Labute approximate surface area is 145 Å². The van der Waals surface area contributed by atoms with Crippen LogP contribution >= 0.6 is 0 Å². The normalized spacial score (nSPS) is 14.7. The third kappa shape index (κ3) is 1.38. The molecule has 6 rings (SSSR count). The lowest BCUT2D eigenvalue weighted by molar-refractivity contribution is 0.784. The molecule has 0 bridgehead atoms. The Morgan fingerprint density at radius 3 is 1.72 bits per heavy atom. The van der Waals surface area contributed by atoms with E-state index in [-0.39, 0.29) is 5.41 Å². The van der Waals surface area contributed by atoms with Crippen molar-refractivity contribution in [2.45, 2.75) is 5.41 Å². The van der Waals surface area contributed by atoms with E-state index in [1.807, 2.05) is 6.20 Å². The first kappa shape index (κ1) is 13.1. The minimum atomic E-state index is -0.305. The van der Waals surface area contributed by atoms with Crippen molar-refractivity contribution in [3.8, 4) is 22.4 Å². The van der Waals surface area contributed by atoms with E-state index >= 15 is 0 Å². The maximum atomic E-state index is 4.65. The molecule has 2 nitrogen and oxygen atoms in total. The lowest BCUT2D eigenvalue weighted by Crippen LogP contribution is -2.26. The van der Waals surface area contributed by atoms with Crippen LogP contribution in [0.5, 0.6) is 0 Å². The average molecular weight is 318 g/mol. The van der Waals surface area contributed by atoms with Crippen molar-refractivity contribution in [3.05, 3.63) is 108 Å². The molecule has 0 atom stereocenters. The third-order valence-corrected chi connectivity index (χ3v) is 5.65. The van der Waals surface area contributed by atoms with Gasteiger partial charge in [-0.3, -0.25) is 0 Å². The summed E-state index contributed by atoms with van der Waals surface area (Å²) in [6.45, 7) is 0. The van der Waals surface area contributed by atoms with E-state index in [1.165, 1.54) is 38.9 Å². The first-order valence-corrected chi connectivity index (χ1v) is 8.52. The molecule has 116 valence electrons. The highest BCUT2D eigenvalue weighted by Gasteiger charge is 2.52. The topological polar surface area (TPSA) is 25.8 Å². The fraction of sp³-hybridized carbons (Fsp3) is 0.0435. The van der Waals surface area contributed by atoms with Gasteiger partial charge >= 0.3 is 0 Å². The highest BCUT2D eigenvalue weighted by atomic mass is 14.8. The standard InChI is InChI=1S/C23H14N2/c1-4-10-18-15(7-1)16-8-2-5-11-19(16)23(18)20-12-6-3-9-17(20)22-21(23)13-24-14-25-22/h1-14H. The van der Waals surface area contributed by atoms with Crippen molar-refractivity contribution in [2.75, 3.05) is 0 Å². The molecule has 0 radical (unpaired) electrons. The molecule has 4 aromatic rings. The van der Waals surface area contributed by atoms with Gasteiger partial charge < -0.3 is 0 Å². The molecule has 1 aromatic heterocycles. The van der Waals surface area contributed by atoms with Crippen molar-refractivity contribution in [3.63, 3.8) is 0 Å². The van der Waals surface area contributed by atoms with Crippen molar-refractivity contribution >= 4 is 0 Å². The van der Waals surface area contributed by atoms with Crippen molar-refractivity contribution in [2.24, 2.45) is 0 Å². The number of hydrogen-bond acceptors (Lipinski definition) is 2. The zero-order valence-electron chi connectivity index (χ0n) is 13.5. The molecule has 0 aliphatic heterocycles. The fourth-order valence-electron chi connectivity index (χ4n) is 4.80. The number of nitrogens with zero attached hydrogens (tertiary/aromatic N) is 2. The molecule has 3 aromatic carbocycles.